The molecule has 0 bridgehead atoms. The lowest BCUT2D eigenvalue weighted by Crippen LogP contribution is -2.28. The second kappa shape index (κ2) is 13.6. The Labute approximate surface area is 316 Å². The zero-order valence-electron chi connectivity index (χ0n) is 29.8. The van der Waals surface area contributed by atoms with Gasteiger partial charge in [-0.25, -0.2) is 0 Å². The molecular formula is C52H38N2. The lowest BCUT2D eigenvalue weighted by molar-refractivity contribution is 0.643. The van der Waals surface area contributed by atoms with E-state index in [2.05, 4.69) is 228 Å². The summed E-state index contributed by atoms with van der Waals surface area (Å²) in [5.74, 6) is 0.496. The zero-order chi connectivity index (χ0) is 35.8. The minimum atomic E-state index is 0.213. The lowest BCUT2D eigenvalue weighted by Gasteiger charge is -2.39. The van der Waals surface area contributed by atoms with Crippen molar-refractivity contribution < 1.29 is 0 Å². The largest absolute Gasteiger partial charge is 0.313 e. The molecule has 8 aromatic rings. The summed E-state index contributed by atoms with van der Waals surface area (Å²) in [6.45, 7) is 0. The highest BCUT2D eigenvalue weighted by Crippen LogP contribution is 2.48. The Balaban J connectivity index is 1.05. The number of fused-ring (bicyclic) bond motifs is 5. The summed E-state index contributed by atoms with van der Waals surface area (Å²) < 4.78 is 0. The molecule has 0 spiro atoms. The highest BCUT2D eigenvalue weighted by Gasteiger charge is 2.33. The first kappa shape index (κ1) is 31.8. The molecular weight excluding hydrogens is 653 g/mol. The average Bonchev–Trinajstić information content (AvgIpc) is 3.25. The fourth-order valence-electron chi connectivity index (χ4n) is 8.45. The molecule has 54 heavy (non-hydrogen) atoms. The second-order valence-electron chi connectivity index (χ2n) is 14.1. The molecule has 2 nitrogen and oxygen atoms in total. The Morgan fingerprint density at radius 3 is 1.48 bits per heavy atom. The Bertz CT molecular complexity index is 2710. The fourth-order valence-corrected chi connectivity index (χ4v) is 8.45. The molecule has 2 unspecified atom stereocenters. The van der Waals surface area contributed by atoms with Crippen molar-refractivity contribution >= 4 is 56.1 Å². The van der Waals surface area contributed by atoms with Crippen LogP contribution in [0, 0.1) is 5.92 Å². The molecule has 0 aromatic heterocycles. The van der Waals surface area contributed by atoms with Gasteiger partial charge in [0.05, 0.1) is 11.4 Å². The summed E-state index contributed by atoms with van der Waals surface area (Å²) in [5, 5.41) is 4.92. The fraction of sp³-hybridized carbons (Fsp3) is 0.0385. The van der Waals surface area contributed by atoms with E-state index < -0.39 is 0 Å². The van der Waals surface area contributed by atoms with Crippen molar-refractivity contribution in [3.8, 4) is 11.1 Å². The predicted octanol–water partition coefficient (Wildman–Crippen LogP) is 14.1. The zero-order valence-corrected chi connectivity index (χ0v) is 29.8. The van der Waals surface area contributed by atoms with Crippen molar-refractivity contribution in [2.45, 2.75) is 5.92 Å². The molecule has 256 valence electrons. The number of allylic oxidation sites excluding steroid dienone is 4. The summed E-state index contributed by atoms with van der Waals surface area (Å²) in [5.41, 5.74) is 12.0. The standard InChI is InChI=1S/C52H38N2/c1-2-19-42(20-3-1)53(50-26-12-17-39-14-4-8-22-46(39)50)43-32-28-37(29-33-43)38-30-34-44(35-31-38)54(51-27-13-18-40-15-5-9-23-47(40)51)52-36-41-16-6-7-21-45(41)48-24-10-11-25-49(48)52/h1-36,48-49H. The number of hydrogen-bond donors (Lipinski definition) is 0. The van der Waals surface area contributed by atoms with Crippen LogP contribution in [0.15, 0.2) is 218 Å². The molecule has 0 saturated heterocycles. The van der Waals surface area contributed by atoms with Crippen molar-refractivity contribution in [2.75, 3.05) is 9.80 Å². The number of anilines is 5. The predicted molar refractivity (Wildman–Crippen MR) is 229 cm³/mol. The maximum Gasteiger partial charge on any atom is 0.0540 e. The van der Waals surface area contributed by atoms with E-state index in [-0.39, 0.29) is 11.8 Å². The third-order valence-electron chi connectivity index (χ3n) is 11.0. The van der Waals surface area contributed by atoms with Gasteiger partial charge in [0.15, 0.2) is 0 Å². The van der Waals surface area contributed by atoms with Crippen LogP contribution in [0.3, 0.4) is 0 Å². The molecule has 8 aromatic carbocycles. The Hall–Kier alpha value is -6.90. The number of hydrogen-bond acceptors (Lipinski definition) is 2. The molecule has 0 aliphatic heterocycles. The summed E-state index contributed by atoms with van der Waals surface area (Å²) in [4.78, 5) is 4.85. The van der Waals surface area contributed by atoms with E-state index >= 15 is 0 Å². The summed E-state index contributed by atoms with van der Waals surface area (Å²) in [7, 11) is 0. The number of rotatable bonds is 7. The van der Waals surface area contributed by atoms with Crippen molar-refractivity contribution in [1.29, 1.82) is 0 Å². The van der Waals surface area contributed by atoms with Crippen LogP contribution in [0.1, 0.15) is 17.0 Å². The number of benzene rings is 8. The highest BCUT2D eigenvalue weighted by atomic mass is 15.2. The van der Waals surface area contributed by atoms with Crippen LogP contribution in [-0.2, 0) is 0 Å². The molecule has 10 rings (SSSR count). The van der Waals surface area contributed by atoms with Crippen molar-refractivity contribution in [3.05, 3.63) is 229 Å². The Morgan fingerprint density at radius 1 is 0.352 bits per heavy atom. The topological polar surface area (TPSA) is 6.48 Å². The first-order valence-electron chi connectivity index (χ1n) is 18.8. The normalized spacial score (nSPS) is 15.7. The maximum absolute atomic E-state index is 2.49. The van der Waals surface area contributed by atoms with Crippen LogP contribution in [-0.4, -0.2) is 0 Å². The molecule has 0 radical (unpaired) electrons. The molecule has 0 fully saturated rings. The van der Waals surface area contributed by atoms with Crippen LogP contribution in [0.4, 0.5) is 28.4 Å². The maximum atomic E-state index is 2.49. The molecule has 2 atom stereocenters. The Morgan fingerprint density at radius 2 is 0.833 bits per heavy atom. The van der Waals surface area contributed by atoms with Gasteiger partial charge in [-0.3, -0.25) is 0 Å². The van der Waals surface area contributed by atoms with Gasteiger partial charge in [-0.05, 0) is 87.6 Å². The van der Waals surface area contributed by atoms with Gasteiger partial charge < -0.3 is 9.80 Å². The number of para-hydroxylation sites is 1. The van der Waals surface area contributed by atoms with Crippen LogP contribution < -0.4 is 9.80 Å². The van der Waals surface area contributed by atoms with Gasteiger partial charge in [0.2, 0.25) is 0 Å². The van der Waals surface area contributed by atoms with Gasteiger partial charge >= 0.3 is 0 Å². The van der Waals surface area contributed by atoms with E-state index in [9.17, 15) is 0 Å². The minimum Gasteiger partial charge on any atom is -0.313 e. The summed E-state index contributed by atoms with van der Waals surface area (Å²) in [6.07, 6.45) is 11.5. The van der Waals surface area contributed by atoms with Gasteiger partial charge in [-0.15, -0.1) is 0 Å². The van der Waals surface area contributed by atoms with Crippen LogP contribution in [0.5, 0.6) is 0 Å². The van der Waals surface area contributed by atoms with Gasteiger partial charge in [0.25, 0.3) is 0 Å². The quantitative estimate of drug-likeness (QED) is 0.164. The Kier molecular flexibility index (Phi) is 8.00. The molecule has 0 amide bonds. The SMILES string of the molecule is C1=CC2C(N(c3ccc(-c4ccc(N(c5ccccc5)c5cccc6ccccc56)cc4)cc3)c3cccc4ccccc34)=Cc3ccccc3C2C=C1. The molecule has 2 aliphatic rings. The first-order chi connectivity index (χ1) is 26.8. The van der Waals surface area contributed by atoms with Gasteiger partial charge in [0, 0.05) is 45.4 Å². The monoisotopic (exact) mass is 690 g/mol. The third-order valence-corrected chi connectivity index (χ3v) is 11.0. The van der Waals surface area contributed by atoms with Crippen molar-refractivity contribution in [2.24, 2.45) is 5.92 Å². The van der Waals surface area contributed by atoms with Crippen molar-refractivity contribution in [3.63, 3.8) is 0 Å². The van der Waals surface area contributed by atoms with Crippen LogP contribution in [0.25, 0.3) is 38.7 Å². The van der Waals surface area contributed by atoms with Crippen molar-refractivity contribution in [1.82, 2.24) is 0 Å². The molecule has 2 heteroatoms. The second-order valence-corrected chi connectivity index (χ2v) is 14.1. The highest BCUT2D eigenvalue weighted by molar-refractivity contribution is 6.00. The number of nitrogens with zero attached hydrogens (tertiary/aromatic N) is 2. The lowest BCUT2D eigenvalue weighted by atomic mass is 9.74. The van der Waals surface area contributed by atoms with E-state index in [1.807, 2.05) is 0 Å². The van der Waals surface area contributed by atoms with E-state index in [1.54, 1.807) is 0 Å². The van der Waals surface area contributed by atoms with Gasteiger partial charge in [0.1, 0.15) is 0 Å². The van der Waals surface area contributed by atoms with Crippen LogP contribution >= 0.6 is 0 Å². The summed E-state index contributed by atoms with van der Waals surface area (Å²) >= 11 is 0. The third kappa shape index (κ3) is 5.60. The molecule has 2 aliphatic carbocycles. The smallest absolute Gasteiger partial charge is 0.0540 e. The molecule has 0 N–H and O–H groups in total. The molecule has 0 saturated carbocycles. The first-order valence-corrected chi connectivity index (χ1v) is 18.8. The van der Waals surface area contributed by atoms with Gasteiger partial charge in [-0.1, -0.05) is 164 Å². The average molecular weight is 691 g/mol. The van der Waals surface area contributed by atoms with E-state index in [4.69, 9.17) is 0 Å². The van der Waals surface area contributed by atoms with E-state index in [0.29, 0.717) is 0 Å². The molecule has 0 heterocycles. The van der Waals surface area contributed by atoms with Crippen LogP contribution in [0.2, 0.25) is 0 Å². The summed E-state index contributed by atoms with van der Waals surface area (Å²) in [6, 6.07) is 68.1. The van der Waals surface area contributed by atoms with E-state index in [1.165, 1.54) is 55.2 Å². The minimum absolute atomic E-state index is 0.213. The van der Waals surface area contributed by atoms with E-state index in [0.717, 1.165) is 22.7 Å². The van der Waals surface area contributed by atoms with Gasteiger partial charge in [-0.2, -0.15) is 0 Å².